The topological polar surface area (TPSA) is 212 Å². The second-order valence-corrected chi connectivity index (χ2v) is 14.4. The first-order valence-corrected chi connectivity index (χ1v) is 17.4. The Balaban J connectivity index is 1.66. The molecule has 2 saturated heterocycles. The van der Waals surface area contributed by atoms with E-state index >= 15 is 0 Å². The zero-order valence-electron chi connectivity index (χ0n) is 30.4. The predicted octanol–water partition coefficient (Wildman–Crippen LogP) is -0.690. The predicted molar refractivity (Wildman–Crippen MR) is 192 cm³/mol. The van der Waals surface area contributed by atoms with Gasteiger partial charge in [-0.3, -0.25) is 28.8 Å². The summed E-state index contributed by atoms with van der Waals surface area (Å²) in [6.07, 6.45) is -1.09. The van der Waals surface area contributed by atoms with Gasteiger partial charge in [0, 0.05) is 39.5 Å². The minimum atomic E-state index is -1.21. The number of aliphatic hydroxyl groups is 1. The summed E-state index contributed by atoms with van der Waals surface area (Å²) in [5.74, 6) is -3.72. The molecule has 2 fully saturated rings. The van der Waals surface area contributed by atoms with Gasteiger partial charge in [-0.2, -0.15) is 0 Å². The van der Waals surface area contributed by atoms with Crippen LogP contribution in [-0.4, -0.2) is 127 Å². The van der Waals surface area contributed by atoms with E-state index in [9.17, 15) is 33.9 Å². The molecule has 2 aliphatic rings. The number of rotatable bonds is 4. The van der Waals surface area contributed by atoms with E-state index in [1.165, 1.54) is 23.8 Å². The molecule has 15 nitrogen and oxygen atoms in total. The summed E-state index contributed by atoms with van der Waals surface area (Å²) < 4.78 is 5.49. The third kappa shape index (κ3) is 10.4. The number of nitrogens with one attached hydrogen (secondary N) is 4. The molecule has 0 aliphatic carbocycles. The number of nitrogens with zero attached hydrogens (tertiary/aromatic N) is 2. The van der Waals surface area contributed by atoms with Crippen LogP contribution in [0.5, 0.6) is 0 Å². The van der Waals surface area contributed by atoms with E-state index in [4.69, 9.17) is 10.5 Å². The van der Waals surface area contributed by atoms with Crippen LogP contribution in [-0.2, 0) is 39.9 Å². The number of benzene rings is 2. The van der Waals surface area contributed by atoms with E-state index < -0.39 is 83.8 Å². The summed E-state index contributed by atoms with van der Waals surface area (Å²) in [4.78, 5) is 83.6. The zero-order chi connectivity index (χ0) is 38.2. The molecule has 15 heteroatoms. The van der Waals surface area contributed by atoms with Crippen LogP contribution in [0.2, 0.25) is 0 Å². The molecule has 0 saturated carbocycles. The molecule has 0 aromatic heterocycles. The first-order valence-electron chi connectivity index (χ1n) is 17.4. The highest BCUT2D eigenvalue weighted by molar-refractivity contribution is 5.97. The van der Waals surface area contributed by atoms with Gasteiger partial charge in [-0.1, -0.05) is 75.4 Å². The number of ether oxygens (including phenoxy) is 1. The molecule has 7 N–H and O–H groups in total. The van der Waals surface area contributed by atoms with Gasteiger partial charge >= 0.3 is 0 Å². The standard InChI is InChI=1S/C37H51N7O8/c1-22-32(47)41-28(19-38)35(50)43(5)15-16-52-21-30(46)42-31(37(2,3)4)36(51)44-20-26(45)18-29(44)34(49)40-27(33(48)39-22)17-23-11-13-25(14-12-23)24-9-7-6-8-10-24/h6-14,22,26-29,31,45H,15-21,38H2,1-5H3,(H,39,48)(H,40,49)(H,41,47)(H,42,46)/t22-,26-,27-,28-,29+,31-/m1/s1. The summed E-state index contributed by atoms with van der Waals surface area (Å²) >= 11 is 0. The number of hydrogen-bond donors (Lipinski definition) is 6. The van der Waals surface area contributed by atoms with E-state index in [0.717, 1.165) is 11.1 Å². The van der Waals surface area contributed by atoms with Gasteiger partial charge in [-0.05, 0) is 29.0 Å². The Morgan fingerprint density at radius 2 is 1.46 bits per heavy atom. The third-order valence-electron chi connectivity index (χ3n) is 9.20. The normalized spacial score (nSPS) is 26.4. The Morgan fingerprint density at radius 1 is 0.827 bits per heavy atom. The van der Waals surface area contributed by atoms with Crippen LogP contribution in [0.1, 0.15) is 39.7 Å². The van der Waals surface area contributed by atoms with Crippen molar-refractivity contribution in [3.05, 3.63) is 60.2 Å². The summed E-state index contributed by atoms with van der Waals surface area (Å²) in [6, 6.07) is 11.5. The first kappa shape index (κ1) is 39.9. The highest BCUT2D eigenvalue weighted by Gasteiger charge is 2.45. The Labute approximate surface area is 304 Å². The maximum atomic E-state index is 14.0. The Hall–Kier alpha value is -4.86. The van der Waals surface area contributed by atoms with Crippen molar-refractivity contribution < 1.29 is 38.6 Å². The molecule has 6 atom stereocenters. The van der Waals surface area contributed by atoms with Crippen LogP contribution in [0, 0.1) is 5.41 Å². The SMILES string of the molecule is C[C@H]1NC(=O)[C@@H](Cc2ccc(-c3ccccc3)cc2)NC(=O)[C@@H]2C[C@@H](O)CN2C(=O)[C@H](C(C)(C)C)NC(=O)COCCN(C)C(=O)[C@@H](CN)NC1=O. The minimum Gasteiger partial charge on any atom is -0.391 e. The van der Waals surface area contributed by atoms with E-state index in [2.05, 4.69) is 21.3 Å². The van der Waals surface area contributed by atoms with Gasteiger partial charge in [0.25, 0.3) is 0 Å². The molecule has 2 aromatic rings. The maximum absolute atomic E-state index is 14.0. The van der Waals surface area contributed by atoms with Gasteiger partial charge in [0.05, 0.1) is 12.7 Å². The maximum Gasteiger partial charge on any atom is 0.246 e. The van der Waals surface area contributed by atoms with E-state index in [1.807, 2.05) is 54.6 Å². The van der Waals surface area contributed by atoms with Crippen molar-refractivity contribution in [3.63, 3.8) is 0 Å². The third-order valence-corrected chi connectivity index (χ3v) is 9.20. The van der Waals surface area contributed by atoms with E-state index in [-0.39, 0.29) is 39.1 Å². The molecular weight excluding hydrogens is 670 g/mol. The average Bonchev–Trinajstić information content (AvgIpc) is 3.51. The monoisotopic (exact) mass is 721 g/mol. The lowest BCUT2D eigenvalue weighted by Crippen LogP contribution is -2.60. The van der Waals surface area contributed by atoms with Crippen LogP contribution in [0.25, 0.3) is 11.1 Å². The molecule has 0 radical (unpaired) electrons. The zero-order valence-corrected chi connectivity index (χ0v) is 30.4. The van der Waals surface area contributed by atoms with Crippen molar-refractivity contribution in [1.82, 2.24) is 31.1 Å². The lowest BCUT2D eigenvalue weighted by molar-refractivity contribution is -0.145. The number of nitrogens with two attached hydrogens (primary N) is 1. The molecule has 2 aliphatic heterocycles. The second-order valence-electron chi connectivity index (χ2n) is 14.4. The number of hydrogen-bond acceptors (Lipinski definition) is 9. The molecule has 2 aromatic carbocycles. The number of aliphatic hydroxyl groups excluding tert-OH is 1. The van der Waals surface area contributed by atoms with Crippen LogP contribution < -0.4 is 27.0 Å². The number of carbonyl (C=O) groups excluding carboxylic acids is 6. The van der Waals surface area contributed by atoms with Crippen molar-refractivity contribution in [2.75, 3.05) is 39.9 Å². The highest BCUT2D eigenvalue weighted by Crippen LogP contribution is 2.27. The lowest BCUT2D eigenvalue weighted by atomic mass is 9.85. The fourth-order valence-corrected chi connectivity index (χ4v) is 6.14. The Morgan fingerprint density at radius 3 is 2.10 bits per heavy atom. The van der Waals surface area contributed by atoms with Crippen molar-refractivity contribution in [3.8, 4) is 11.1 Å². The van der Waals surface area contributed by atoms with Crippen molar-refractivity contribution in [1.29, 1.82) is 0 Å². The smallest absolute Gasteiger partial charge is 0.246 e. The van der Waals surface area contributed by atoms with Gasteiger partial charge in [0.1, 0.15) is 36.8 Å². The van der Waals surface area contributed by atoms with Crippen molar-refractivity contribution in [2.24, 2.45) is 11.1 Å². The lowest BCUT2D eigenvalue weighted by Gasteiger charge is -2.35. The van der Waals surface area contributed by atoms with Crippen LogP contribution in [0.15, 0.2) is 54.6 Å². The number of carbonyl (C=O) groups is 6. The summed E-state index contributed by atoms with van der Waals surface area (Å²) in [5.41, 5.74) is 7.68. The van der Waals surface area contributed by atoms with E-state index in [1.54, 1.807) is 20.8 Å². The Bertz CT molecular complexity index is 1600. The van der Waals surface area contributed by atoms with Gasteiger partial charge in [-0.25, -0.2) is 0 Å². The first-order chi connectivity index (χ1) is 24.6. The van der Waals surface area contributed by atoms with Gasteiger partial charge in [-0.15, -0.1) is 0 Å². The summed E-state index contributed by atoms with van der Waals surface area (Å²) in [5, 5.41) is 21.3. The number of likely N-dealkylation sites (N-methyl/N-ethyl adjacent to an activating group) is 1. The average molecular weight is 722 g/mol. The van der Waals surface area contributed by atoms with Crippen molar-refractivity contribution in [2.45, 2.75) is 76.8 Å². The number of fused-ring (bicyclic) bond motifs is 1. The van der Waals surface area contributed by atoms with Crippen LogP contribution in [0.4, 0.5) is 0 Å². The molecule has 52 heavy (non-hydrogen) atoms. The Kier molecular flexibility index (Phi) is 13.5. The molecule has 0 bridgehead atoms. The summed E-state index contributed by atoms with van der Waals surface area (Å²) in [6.45, 7) is 5.97. The fraction of sp³-hybridized carbons (Fsp3) is 0.514. The second kappa shape index (κ2) is 17.6. The quantitative estimate of drug-likeness (QED) is 0.236. The molecular formula is C37H51N7O8. The van der Waals surface area contributed by atoms with Gasteiger partial charge in [0.15, 0.2) is 0 Å². The summed E-state index contributed by atoms with van der Waals surface area (Å²) in [7, 11) is 1.50. The molecule has 2 heterocycles. The van der Waals surface area contributed by atoms with Crippen LogP contribution in [0.3, 0.4) is 0 Å². The van der Waals surface area contributed by atoms with Gasteiger partial charge in [0.2, 0.25) is 35.4 Å². The largest absolute Gasteiger partial charge is 0.391 e. The molecule has 6 amide bonds. The molecule has 0 spiro atoms. The molecule has 4 rings (SSSR count). The molecule has 0 unspecified atom stereocenters. The minimum absolute atomic E-state index is 0.0274. The number of amides is 6. The highest BCUT2D eigenvalue weighted by atomic mass is 16.5. The fourth-order valence-electron chi connectivity index (χ4n) is 6.14. The van der Waals surface area contributed by atoms with Crippen LogP contribution >= 0.6 is 0 Å². The van der Waals surface area contributed by atoms with E-state index in [0.29, 0.717) is 5.56 Å². The van der Waals surface area contributed by atoms with Crippen molar-refractivity contribution >= 4 is 35.4 Å². The molecule has 282 valence electrons. The van der Waals surface area contributed by atoms with Gasteiger partial charge < -0.3 is 46.6 Å².